The van der Waals surface area contributed by atoms with Gasteiger partial charge in [0.1, 0.15) is 6.07 Å². The molecule has 0 unspecified atom stereocenters. The Morgan fingerprint density at radius 3 is 2.65 bits per heavy atom. The summed E-state index contributed by atoms with van der Waals surface area (Å²) in [6.45, 7) is 0.504. The molecule has 2 rings (SSSR count). The first-order chi connectivity index (χ1) is 9.69. The van der Waals surface area contributed by atoms with Crippen LogP contribution in [0.15, 0.2) is 53.5 Å². The van der Waals surface area contributed by atoms with Crippen LogP contribution in [0.1, 0.15) is 11.1 Å². The van der Waals surface area contributed by atoms with Crippen molar-refractivity contribution < 1.29 is 0 Å². The average molecular weight is 285 g/mol. The number of nitrogens with zero attached hydrogens (tertiary/aromatic N) is 2. The first kappa shape index (κ1) is 13.9. The summed E-state index contributed by atoms with van der Waals surface area (Å²) in [5, 5.41) is 12.1. The third kappa shape index (κ3) is 3.74. The fraction of sp³-hybridized carbons (Fsp3) is 0.0667. The summed E-state index contributed by atoms with van der Waals surface area (Å²) in [6, 6.07) is 16.8. The molecular formula is C15H13ClN4. The summed E-state index contributed by atoms with van der Waals surface area (Å²) in [4.78, 5) is 4.24. The number of hydrogen-bond acceptors (Lipinski definition) is 2. The summed E-state index contributed by atoms with van der Waals surface area (Å²) < 4.78 is 0. The number of halogens is 1. The van der Waals surface area contributed by atoms with Crippen LogP contribution in [0.3, 0.4) is 0 Å². The highest BCUT2D eigenvalue weighted by Gasteiger charge is 2.01. The molecule has 0 spiro atoms. The third-order valence-corrected chi connectivity index (χ3v) is 2.95. The monoisotopic (exact) mass is 284 g/mol. The van der Waals surface area contributed by atoms with Crippen molar-refractivity contribution in [2.45, 2.75) is 6.54 Å². The second-order valence-corrected chi connectivity index (χ2v) is 4.53. The molecule has 0 saturated heterocycles. The van der Waals surface area contributed by atoms with Gasteiger partial charge in [0, 0.05) is 5.69 Å². The number of rotatable bonds is 3. The van der Waals surface area contributed by atoms with E-state index in [9.17, 15) is 0 Å². The summed E-state index contributed by atoms with van der Waals surface area (Å²) in [5.74, 6) is 0.301. The predicted molar refractivity (Wildman–Crippen MR) is 81.6 cm³/mol. The number of anilines is 1. The van der Waals surface area contributed by atoms with Crippen LogP contribution in [-0.4, -0.2) is 5.96 Å². The highest BCUT2D eigenvalue weighted by atomic mass is 35.5. The Bertz CT molecular complexity index is 659. The standard InChI is InChI=1S/C15H13ClN4/c16-14-8-13(7-6-12(14)9-17)20-15(18)19-10-11-4-2-1-3-5-11/h1-8H,10H2,(H3,18,19,20). The Morgan fingerprint density at radius 2 is 2.00 bits per heavy atom. The minimum atomic E-state index is 0.301. The molecule has 2 aromatic rings. The first-order valence-electron chi connectivity index (χ1n) is 5.99. The minimum Gasteiger partial charge on any atom is -0.370 e. The number of nitriles is 1. The van der Waals surface area contributed by atoms with Crippen molar-refractivity contribution in [1.82, 2.24) is 0 Å². The lowest BCUT2D eigenvalue weighted by Crippen LogP contribution is -2.22. The summed E-state index contributed by atoms with van der Waals surface area (Å²) in [6.07, 6.45) is 0. The van der Waals surface area contributed by atoms with E-state index in [0.717, 1.165) is 5.56 Å². The fourth-order valence-corrected chi connectivity index (χ4v) is 1.85. The van der Waals surface area contributed by atoms with Crippen molar-refractivity contribution in [3.63, 3.8) is 0 Å². The van der Waals surface area contributed by atoms with E-state index in [-0.39, 0.29) is 0 Å². The number of aliphatic imine (C=N–C) groups is 1. The SMILES string of the molecule is N#Cc1ccc(NC(N)=NCc2ccccc2)cc1Cl. The largest absolute Gasteiger partial charge is 0.370 e. The van der Waals surface area contributed by atoms with E-state index in [1.54, 1.807) is 18.2 Å². The van der Waals surface area contributed by atoms with Gasteiger partial charge in [0.05, 0.1) is 17.1 Å². The molecule has 0 saturated carbocycles. The molecule has 0 aromatic heterocycles. The molecule has 0 heterocycles. The molecule has 0 amide bonds. The van der Waals surface area contributed by atoms with E-state index in [2.05, 4.69) is 10.3 Å². The molecule has 20 heavy (non-hydrogen) atoms. The Labute approximate surface area is 122 Å². The molecule has 100 valence electrons. The van der Waals surface area contributed by atoms with Crippen molar-refractivity contribution in [3.8, 4) is 6.07 Å². The van der Waals surface area contributed by atoms with Gasteiger partial charge in [-0.3, -0.25) is 0 Å². The van der Waals surface area contributed by atoms with Crippen molar-refractivity contribution >= 4 is 23.2 Å². The van der Waals surface area contributed by atoms with Crippen molar-refractivity contribution in [2.24, 2.45) is 10.7 Å². The lowest BCUT2D eigenvalue weighted by atomic mass is 10.2. The second-order valence-electron chi connectivity index (χ2n) is 4.12. The summed E-state index contributed by atoms with van der Waals surface area (Å²) >= 11 is 5.94. The van der Waals surface area contributed by atoms with Crippen LogP contribution in [0.25, 0.3) is 0 Å². The maximum atomic E-state index is 8.80. The molecule has 0 aliphatic carbocycles. The quantitative estimate of drug-likeness (QED) is 0.672. The molecule has 4 nitrogen and oxygen atoms in total. The van der Waals surface area contributed by atoms with E-state index in [1.807, 2.05) is 36.4 Å². The molecule has 2 aromatic carbocycles. The van der Waals surface area contributed by atoms with Crippen LogP contribution < -0.4 is 11.1 Å². The molecule has 0 atom stereocenters. The smallest absolute Gasteiger partial charge is 0.193 e. The first-order valence-corrected chi connectivity index (χ1v) is 6.37. The topological polar surface area (TPSA) is 74.2 Å². The number of nitrogens with one attached hydrogen (secondary N) is 1. The van der Waals surface area contributed by atoms with Gasteiger partial charge in [0.25, 0.3) is 0 Å². The number of nitrogens with two attached hydrogens (primary N) is 1. The molecule has 3 N–H and O–H groups in total. The highest BCUT2D eigenvalue weighted by Crippen LogP contribution is 2.19. The Hall–Kier alpha value is -2.51. The Kier molecular flexibility index (Phi) is 4.59. The van der Waals surface area contributed by atoms with Gasteiger partial charge in [0.15, 0.2) is 5.96 Å². The van der Waals surface area contributed by atoms with Gasteiger partial charge in [-0.05, 0) is 23.8 Å². The number of benzene rings is 2. The van der Waals surface area contributed by atoms with Crippen LogP contribution in [-0.2, 0) is 6.54 Å². The zero-order valence-electron chi connectivity index (χ0n) is 10.7. The second kappa shape index (κ2) is 6.60. The molecule has 0 fully saturated rings. The zero-order valence-corrected chi connectivity index (χ0v) is 11.4. The summed E-state index contributed by atoms with van der Waals surface area (Å²) in [7, 11) is 0. The number of hydrogen-bond donors (Lipinski definition) is 2. The minimum absolute atomic E-state index is 0.301. The molecule has 0 bridgehead atoms. The lowest BCUT2D eigenvalue weighted by Gasteiger charge is -2.06. The maximum absolute atomic E-state index is 8.80. The molecule has 0 aliphatic rings. The lowest BCUT2D eigenvalue weighted by molar-refractivity contribution is 1.06. The van der Waals surface area contributed by atoms with Gasteiger partial charge >= 0.3 is 0 Å². The van der Waals surface area contributed by atoms with Gasteiger partial charge in [-0.25, -0.2) is 4.99 Å². The van der Waals surface area contributed by atoms with Crippen LogP contribution in [0.2, 0.25) is 5.02 Å². The van der Waals surface area contributed by atoms with E-state index in [1.165, 1.54) is 0 Å². The average Bonchev–Trinajstić information content (AvgIpc) is 2.46. The van der Waals surface area contributed by atoms with Crippen LogP contribution in [0, 0.1) is 11.3 Å². The van der Waals surface area contributed by atoms with Gasteiger partial charge in [-0.15, -0.1) is 0 Å². The van der Waals surface area contributed by atoms with Crippen LogP contribution in [0.5, 0.6) is 0 Å². The normalized spacial score (nSPS) is 10.9. The van der Waals surface area contributed by atoms with Crippen molar-refractivity contribution in [2.75, 3.05) is 5.32 Å². The predicted octanol–water partition coefficient (Wildman–Crippen LogP) is 3.14. The molecule has 0 aliphatic heterocycles. The van der Waals surface area contributed by atoms with Gasteiger partial charge in [-0.2, -0.15) is 5.26 Å². The molecular weight excluding hydrogens is 272 g/mol. The Morgan fingerprint density at radius 1 is 1.25 bits per heavy atom. The van der Waals surface area contributed by atoms with Gasteiger partial charge in [-0.1, -0.05) is 41.9 Å². The van der Waals surface area contributed by atoms with Crippen molar-refractivity contribution in [1.29, 1.82) is 5.26 Å². The zero-order chi connectivity index (χ0) is 14.4. The number of guanidine groups is 1. The van der Waals surface area contributed by atoms with Crippen molar-refractivity contribution in [3.05, 3.63) is 64.7 Å². The van der Waals surface area contributed by atoms with Gasteiger partial charge < -0.3 is 11.1 Å². The van der Waals surface area contributed by atoms with E-state index < -0.39 is 0 Å². The Balaban J connectivity index is 2.02. The molecule has 5 heteroatoms. The fourth-order valence-electron chi connectivity index (χ4n) is 1.63. The van der Waals surface area contributed by atoms with E-state index >= 15 is 0 Å². The summed E-state index contributed by atoms with van der Waals surface area (Å²) in [5.41, 5.74) is 8.01. The highest BCUT2D eigenvalue weighted by molar-refractivity contribution is 6.32. The van der Waals surface area contributed by atoms with E-state index in [0.29, 0.717) is 28.8 Å². The third-order valence-electron chi connectivity index (χ3n) is 2.64. The molecule has 0 radical (unpaired) electrons. The van der Waals surface area contributed by atoms with Crippen LogP contribution in [0.4, 0.5) is 5.69 Å². The van der Waals surface area contributed by atoms with E-state index in [4.69, 9.17) is 22.6 Å². The van der Waals surface area contributed by atoms with Gasteiger partial charge in [0.2, 0.25) is 0 Å². The van der Waals surface area contributed by atoms with Crippen LogP contribution >= 0.6 is 11.6 Å². The maximum Gasteiger partial charge on any atom is 0.193 e.